The van der Waals surface area contributed by atoms with E-state index < -0.39 is 0 Å². The number of rotatable bonds is 3. The summed E-state index contributed by atoms with van der Waals surface area (Å²) in [5.74, 6) is 0.767. The van der Waals surface area contributed by atoms with E-state index in [1.54, 1.807) is 7.11 Å². The maximum absolute atomic E-state index is 14.2. The van der Waals surface area contributed by atoms with Crippen molar-refractivity contribution in [1.82, 2.24) is 5.32 Å². The van der Waals surface area contributed by atoms with E-state index in [0.29, 0.717) is 11.7 Å². The minimum absolute atomic E-state index is 0.174. The molecule has 1 aromatic carbocycles. The first kappa shape index (κ1) is 12.4. The minimum atomic E-state index is -0.212. The molecular weight excluding hydrogens is 217 g/mol. The molecule has 0 aromatic heterocycles. The van der Waals surface area contributed by atoms with Gasteiger partial charge in [-0.3, -0.25) is 0 Å². The average molecular weight is 237 g/mol. The highest BCUT2D eigenvalue weighted by Gasteiger charge is 2.40. The molecule has 1 unspecified atom stereocenters. The fraction of sp³-hybridized carbons (Fsp3) is 0.571. The molecule has 1 saturated heterocycles. The molecule has 94 valence electrons. The summed E-state index contributed by atoms with van der Waals surface area (Å²) in [6, 6.07) is 5.16. The molecule has 1 N–H and O–H groups in total. The first-order chi connectivity index (χ1) is 8.10. The summed E-state index contributed by atoms with van der Waals surface area (Å²) in [5.41, 5.74) is 0.557. The zero-order valence-corrected chi connectivity index (χ0v) is 10.7. The Morgan fingerprint density at radius 2 is 2.18 bits per heavy atom. The van der Waals surface area contributed by atoms with Crippen molar-refractivity contribution in [2.24, 2.45) is 5.92 Å². The smallest absolute Gasteiger partial charge is 0.131 e. The highest BCUT2D eigenvalue weighted by molar-refractivity contribution is 5.34. The molecule has 0 aliphatic carbocycles. The fourth-order valence-electron chi connectivity index (χ4n) is 2.79. The van der Waals surface area contributed by atoms with Crippen LogP contribution in [0.4, 0.5) is 4.39 Å². The van der Waals surface area contributed by atoms with Crippen molar-refractivity contribution < 1.29 is 9.13 Å². The quantitative estimate of drug-likeness (QED) is 0.872. The van der Waals surface area contributed by atoms with Gasteiger partial charge in [0.1, 0.15) is 11.6 Å². The molecule has 2 rings (SSSR count). The van der Waals surface area contributed by atoms with Gasteiger partial charge in [0.05, 0.1) is 7.11 Å². The van der Waals surface area contributed by atoms with Gasteiger partial charge < -0.3 is 10.1 Å². The molecular formula is C14H20FNO. The van der Waals surface area contributed by atoms with Crippen LogP contribution in [0.15, 0.2) is 18.2 Å². The van der Waals surface area contributed by atoms with E-state index in [4.69, 9.17) is 4.74 Å². The summed E-state index contributed by atoms with van der Waals surface area (Å²) in [6.45, 7) is 5.24. The molecule has 1 fully saturated rings. The number of halogens is 1. The van der Waals surface area contributed by atoms with Gasteiger partial charge >= 0.3 is 0 Å². The van der Waals surface area contributed by atoms with E-state index in [1.165, 1.54) is 6.07 Å². The van der Waals surface area contributed by atoms with Crippen molar-refractivity contribution in [2.45, 2.75) is 32.2 Å². The van der Waals surface area contributed by atoms with E-state index in [2.05, 4.69) is 19.2 Å². The summed E-state index contributed by atoms with van der Waals surface area (Å²) >= 11 is 0. The molecule has 1 atom stereocenters. The second-order valence-electron chi connectivity index (χ2n) is 5.00. The Morgan fingerprint density at radius 3 is 2.65 bits per heavy atom. The largest absolute Gasteiger partial charge is 0.497 e. The van der Waals surface area contributed by atoms with E-state index in [9.17, 15) is 4.39 Å². The standard InChI is InChI=1S/C14H20FNO/c1-10(2)14(7-4-8-16-14)12-6-5-11(17-3)9-13(12)15/h5-6,9-10,16H,4,7-8H2,1-3H3. The first-order valence-corrected chi connectivity index (χ1v) is 6.19. The van der Waals surface area contributed by atoms with Crippen molar-refractivity contribution in [3.05, 3.63) is 29.6 Å². The van der Waals surface area contributed by atoms with Crippen LogP contribution in [0.2, 0.25) is 0 Å². The average Bonchev–Trinajstić information content (AvgIpc) is 2.79. The van der Waals surface area contributed by atoms with Crippen LogP contribution in [0.3, 0.4) is 0 Å². The van der Waals surface area contributed by atoms with Crippen LogP contribution in [0.5, 0.6) is 5.75 Å². The van der Waals surface area contributed by atoms with Crippen LogP contribution in [0.1, 0.15) is 32.3 Å². The summed E-state index contributed by atoms with van der Waals surface area (Å²) in [4.78, 5) is 0. The van der Waals surface area contributed by atoms with Crippen molar-refractivity contribution in [3.63, 3.8) is 0 Å². The summed E-state index contributed by atoms with van der Waals surface area (Å²) < 4.78 is 19.2. The molecule has 0 bridgehead atoms. The van der Waals surface area contributed by atoms with Crippen LogP contribution in [0.25, 0.3) is 0 Å². The molecule has 0 spiro atoms. The lowest BCUT2D eigenvalue weighted by atomic mass is 9.78. The van der Waals surface area contributed by atoms with Gasteiger partial charge in [-0.2, -0.15) is 0 Å². The SMILES string of the molecule is COc1ccc(C2(C(C)C)CCCN2)c(F)c1. The summed E-state index contributed by atoms with van der Waals surface area (Å²) in [6.07, 6.45) is 2.09. The van der Waals surface area contributed by atoms with Gasteiger partial charge in [0.25, 0.3) is 0 Å². The van der Waals surface area contributed by atoms with Crippen LogP contribution < -0.4 is 10.1 Å². The van der Waals surface area contributed by atoms with E-state index >= 15 is 0 Å². The molecule has 17 heavy (non-hydrogen) atoms. The fourth-order valence-corrected chi connectivity index (χ4v) is 2.79. The van der Waals surface area contributed by atoms with Gasteiger partial charge in [-0.25, -0.2) is 4.39 Å². The zero-order chi connectivity index (χ0) is 12.5. The molecule has 1 aliphatic rings. The van der Waals surface area contributed by atoms with Gasteiger partial charge in [0, 0.05) is 17.2 Å². The second-order valence-corrected chi connectivity index (χ2v) is 5.00. The van der Waals surface area contributed by atoms with Crippen molar-refractivity contribution in [1.29, 1.82) is 0 Å². The van der Waals surface area contributed by atoms with Gasteiger partial charge in [-0.15, -0.1) is 0 Å². The number of ether oxygens (including phenoxy) is 1. The van der Waals surface area contributed by atoms with Gasteiger partial charge in [-0.1, -0.05) is 19.9 Å². The second kappa shape index (κ2) is 4.65. The van der Waals surface area contributed by atoms with Crippen LogP contribution >= 0.6 is 0 Å². The lowest BCUT2D eigenvalue weighted by Crippen LogP contribution is -2.42. The third-order valence-electron chi connectivity index (χ3n) is 3.83. The maximum atomic E-state index is 14.2. The maximum Gasteiger partial charge on any atom is 0.131 e. The normalized spacial score (nSPS) is 24.3. The number of hydrogen-bond donors (Lipinski definition) is 1. The molecule has 1 aromatic rings. The highest BCUT2D eigenvalue weighted by Crippen LogP contribution is 2.39. The molecule has 1 heterocycles. The van der Waals surface area contributed by atoms with Gasteiger partial charge in [-0.05, 0) is 31.4 Å². The Labute approximate surface area is 102 Å². The Kier molecular flexibility index (Phi) is 3.38. The molecule has 0 saturated carbocycles. The zero-order valence-electron chi connectivity index (χ0n) is 10.7. The Hall–Kier alpha value is -1.09. The number of nitrogens with one attached hydrogen (secondary N) is 1. The van der Waals surface area contributed by atoms with Crippen LogP contribution in [-0.4, -0.2) is 13.7 Å². The lowest BCUT2D eigenvalue weighted by molar-refractivity contribution is 0.267. The third kappa shape index (κ3) is 2.04. The number of methoxy groups -OCH3 is 1. The molecule has 1 aliphatic heterocycles. The number of hydrogen-bond acceptors (Lipinski definition) is 2. The summed E-state index contributed by atoms with van der Waals surface area (Å²) in [5, 5.41) is 3.48. The van der Waals surface area contributed by atoms with Crippen LogP contribution in [-0.2, 0) is 5.54 Å². The molecule has 0 radical (unpaired) electrons. The Bertz CT molecular complexity index is 397. The van der Waals surface area contributed by atoms with Crippen molar-refractivity contribution in [2.75, 3.05) is 13.7 Å². The summed E-state index contributed by atoms with van der Waals surface area (Å²) in [7, 11) is 1.56. The van der Waals surface area contributed by atoms with Gasteiger partial charge in [0.15, 0.2) is 0 Å². The van der Waals surface area contributed by atoms with E-state index in [0.717, 1.165) is 24.9 Å². The van der Waals surface area contributed by atoms with Gasteiger partial charge in [0.2, 0.25) is 0 Å². The monoisotopic (exact) mass is 237 g/mol. The molecule has 3 heteroatoms. The lowest BCUT2D eigenvalue weighted by Gasteiger charge is -2.35. The third-order valence-corrected chi connectivity index (χ3v) is 3.83. The van der Waals surface area contributed by atoms with E-state index in [-0.39, 0.29) is 11.4 Å². The van der Waals surface area contributed by atoms with Crippen molar-refractivity contribution >= 4 is 0 Å². The van der Waals surface area contributed by atoms with Crippen molar-refractivity contribution in [3.8, 4) is 5.75 Å². The molecule has 0 amide bonds. The topological polar surface area (TPSA) is 21.3 Å². The predicted molar refractivity (Wildman–Crippen MR) is 66.7 cm³/mol. The Balaban J connectivity index is 2.43. The molecule has 2 nitrogen and oxygen atoms in total. The Morgan fingerprint density at radius 1 is 1.41 bits per heavy atom. The minimum Gasteiger partial charge on any atom is -0.497 e. The van der Waals surface area contributed by atoms with E-state index in [1.807, 2.05) is 12.1 Å². The first-order valence-electron chi connectivity index (χ1n) is 6.19. The number of benzene rings is 1. The highest BCUT2D eigenvalue weighted by atomic mass is 19.1. The predicted octanol–water partition coefficient (Wildman–Crippen LogP) is 3.07. The van der Waals surface area contributed by atoms with Crippen LogP contribution in [0, 0.1) is 11.7 Å².